The smallest absolute Gasteiger partial charge is 0.304 e. The van der Waals surface area contributed by atoms with Gasteiger partial charge in [-0.2, -0.15) is 0 Å². The van der Waals surface area contributed by atoms with E-state index in [9.17, 15) is 19.2 Å². The third-order valence-electron chi connectivity index (χ3n) is 4.14. The number of amides is 2. The first-order chi connectivity index (χ1) is 12.8. The van der Waals surface area contributed by atoms with Gasteiger partial charge in [-0.3, -0.25) is 24.2 Å². The fourth-order valence-electron chi connectivity index (χ4n) is 2.66. The van der Waals surface area contributed by atoms with Crippen LogP contribution in [-0.2, 0) is 25.6 Å². The summed E-state index contributed by atoms with van der Waals surface area (Å²) in [6.45, 7) is 1.83. The van der Waals surface area contributed by atoms with Gasteiger partial charge in [0.1, 0.15) is 0 Å². The van der Waals surface area contributed by atoms with Gasteiger partial charge in [0.05, 0.1) is 18.9 Å². The fraction of sp³-hybridized carbons (Fsp3) is 0.526. The average Bonchev–Trinajstić information content (AvgIpc) is 2.64. The Balaban J connectivity index is 2.32. The minimum absolute atomic E-state index is 0.208. The predicted octanol–water partition coefficient (Wildman–Crippen LogP) is 0.953. The summed E-state index contributed by atoms with van der Waals surface area (Å²) in [5.74, 6) is -2.93. The Hall–Kier alpha value is -2.77. The molecular formula is C19H27N3O5. The molecule has 8 nitrogen and oxygen atoms in total. The Kier molecular flexibility index (Phi) is 9.71. The van der Waals surface area contributed by atoms with Crippen LogP contribution in [0.4, 0.5) is 0 Å². The van der Waals surface area contributed by atoms with Crippen molar-refractivity contribution in [3.05, 3.63) is 30.1 Å². The molecule has 0 fully saturated rings. The normalized spacial score (nSPS) is 12.7. The zero-order valence-electron chi connectivity index (χ0n) is 15.7. The highest BCUT2D eigenvalue weighted by Crippen LogP contribution is 2.12. The van der Waals surface area contributed by atoms with E-state index in [1.54, 1.807) is 6.20 Å². The zero-order chi connectivity index (χ0) is 20.2. The van der Waals surface area contributed by atoms with Gasteiger partial charge in [-0.25, -0.2) is 0 Å². The maximum atomic E-state index is 11.9. The van der Waals surface area contributed by atoms with Gasteiger partial charge in [0.15, 0.2) is 5.78 Å². The number of ketones is 1. The molecule has 8 heteroatoms. The van der Waals surface area contributed by atoms with E-state index in [1.165, 1.54) is 7.05 Å². The molecule has 1 heterocycles. The summed E-state index contributed by atoms with van der Waals surface area (Å²) < 4.78 is 0. The molecule has 27 heavy (non-hydrogen) atoms. The van der Waals surface area contributed by atoms with Crippen LogP contribution >= 0.6 is 0 Å². The number of aliphatic carboxylic acids is 1. The summed E-state index contributed by atoms with van der Waals surface area (Å²) in [5.41, 5.74) is 0.972. The van der Waals surface area contributed by atoms with Crippen LogP contribution in [0.1, 0.15) is 38.3 Å². The molecule has 1 aromatic rings. The van der Waals surface area contributed by atoms with Gasteiger partial charge >= 0.3 is 5.97 Å². The summed E-state index contributed by atoms with van der Waals surface area (Å²) in [7, 11) is 1.38. The zero-order valence-corrected chi connectivity index (χ0v) is 15.7. The molecule has 2 atom stereocenters. The summed E-state index contributed by atoms with van der Waals surface area (Å²) in [4.78, 5) is 50.5. The molecule has 0 saturated heterocycles. The maximum absolute atomic E-state index is 11.9. The molecule has 1 rings (SSSR count). The second-order valence-electron chi connectivity index (χ2n) is 6.60. The van der Waals surface area contributed by atoms with Gasteiger partial charge in [-0.1, -0.05) is 13.0 Å². The van der Waals surface area contributed by atoms with E-state index in [1.807, 2.05) is 25.1 Å². The molecule has 0 aliphatic heterocycles. The minimum Gasteiger partial charge on any atom is -0.481 e. The highest BCUT2D eigenvalue weighted by molar-refractivity contribution is 5.91. The van der Waals surface area contributed by atoms with E-state index in [0.717, 1.165) is 12.1 Å². The summed E-state index contributed by atoms with van der Waals surface area (Å²) in [5, 5.41) is 13.7. The van der Waals surface area contributed by atoms with E-state index in [0.29, 0.717) is 6.42 Å². The van der Waals surface area contributed by atoms with Crippen LogP contribution in [0.25, 0.3) is 0 Å². The Labute approximate surface area is 158 Å². The lowest BCUT2D eigenvalue weighted by molar-refractivity contribution is -0.141. The number of hydrogen-bond donors (Lipinski definition) is 3. The quantitative estimate of drug-likeness (QED) is 0.498. The van der Waals surface area contributed by atoms with Gasteiger partial charge in [0.25, 0.3) is 0 Å². The van der Waals surface area contributed by atoms with Gasteiger partial charge in [0.2, 0.25) is 11.8 Å². The molecule has 3 N–H and O–H groups in total. The monoisotopic (exact) mass is 377 g/mol. The lowest BCUT2D eigenvalue weighted by atomic mass is 9.97. The van der Waals surface area contributed by atoms with E-state index in [4.69, 9.17) is 5.11 Å². The third-order valence-corrected chi connectivity index (χ3v) is 4.14. The van der Waals surface area contributed by atoms with Crippen molar-refractivity contribution in [1.29, 1.82) is 0 Å². The number of carbonyl (C=O) groups is 4. The molecule has 0 spiro atoms. The molecule has 0 aromatic carbocycles. The third kappa shape index (κ3) is 9.48. The van der Waals surface area contributed by atoms with Crippen LogP contribution < -0.4 is 10.6 Å². The first kappa shape index (κ1) is 22.3. The minimum atomic E-state index is -1.15. The van der Waals surface area contributed by atoms with E-state index >= 15 is 0 Å². The molecule has 1 aromatic heterocycles. The lowest BCUT2D eigenvalue weighted by Gasteiger charge is -2.13. The second kappa shape index (κ2) is 11.8. The van der Waals surface area contributed by atoms with Gasteiger partial charge in [0, 0.05) is 31.8 Å². The summed E-state index contributed by atoms with van der Waals surface area (Å²) in [6, 6.07) is 5.71. The lowest BCUT2D eigenvalue weighted by Crippen LogP contribution is -2.35. The highest BCUT2D eigenvalue weighted by Gasteiger charge is 2.23. The number of rotatable bonds is 12. The van der Waals surface area contributed by atoms with Crippen molar-refractivity contribution in [2.45, 2.75) is 39.0 Å². The number of carboxylic acids is 1. The Morgan fingerprint density at radius 3 is 2.52 bits per heavy atom. The molecule has 2 amide bonds. The standard InChI is InChI=1S/C19H27N3O5/c1-13(9-15-5-3-4-8-21-15)6-7-17(24)22-12-16(23)10-14(11-18(25)26)19(27)20-2/h3-5,8,13-14H,6-7,9-12H2,1-2H3,(H,20,27)(H,22,24)(H,25,26). The van der Waals surface area contributed by atoms with Crippen LogP contribution in [0.3, 0.4) is 0 Å². The Morgan fingerprint density at radius 2 is 1.93 bits per heavy atom. The molecule has 0 aliphatic carbocycles. The molecule has 0 radical (unpaired) electrons. The highest BCUT2D eigenvalue weighted by atomic mass is 16.4. The maximum Gasteiger partial charge on any atom is 0.304 e. The number of nitrogens with one attached hydrogen (secondary N) is 2. The van der Waals surface area contributed by atoms with Crippen LogP contribution in [-0.4, -0.2) is 47.2 Å². The Morgan fingerprint density at radius 1 is 1.19 bits per heavy atom. The van der Waals surface area contributed by atoms with Crippen molar-refractivity contribution in [3.63, 3.8) is 0 Å². The van der Waals surface area contributed by atoms with E-state index < -0.39 is 24.2 Å². The number of pyridine rings is 1. The molecule has 0 bridgehead atoms. The SMILES string of the molecule is CNC(=O)C(CC(=O)O)CC(=O)CNC(=O)CCC(C)Cc1ccccn1. The van der Waals surface area contributed by atoms with E-state index in [2.05, 4.69) is 15.6 Å². The first-order valence-corrected chi connectivity index (χ1v) is 8.93. The van der Waals surface area contributed by atoms with Crippen molar-refractivity contribution >= 4 is 23.6 Å². The number of carboxylic acid groups (broad SMARTS) is 1. The fourth-order valence-corrected chi connectivity index (χ4v) is 2.66. The molecule has 2 unspecified atom stereocenters. The topological polar surface area (TPSA) is 125 Å². The van der Waals surface area contributed by atoms with Crippen molar-refractivity contribution in [2.75, 3.05) is 13.6 Å². The van der Waals surface area contributed by atoms with Crippen molar-refractivity contribution in [1.82, 2.24) is 15.6 Å². The van der Waals surface area contributed by atoms with Crippen LogP contribution in [0.5, 0.6) is 0 Å². The average molecular weight is 377 g/mol. The summed E-state index contributed by atoms with van der Waals surface area (Å²) >= 11 is 0. The molecular weight excluding hydrogens is 350 g/mol. The van der Waals surface area contributed by atoms with Gasteiger partial charge in [-0.15, -0.1) is 0 Å². The van der Waals surface area contributed by atoms with Crippen LogP contribution in [0.2, 0.25) is 0 Å². The first-order valence-electron chi connectivity index (χ1n) is 8.93. The Bertz CT molecular complexity index is 648. The van der Waals surface area contributed by atoms with E-state index in [-0.39, 0.29) is 37.0 Å². The van der Waals surface area contributed by atoms with Crippen molar-refractivity contribution < 1.29 is 24.3 Å². The largest absolute Gasteiger partial charge is 0.481 e. The molecule has 0 aliphatic rings. The number of carbonyl (C=O) groups excluding carboxylic acids is 3. The van der Waals surface area contributed by atoms with Gasteiger partial charge < -0.3 is 15.7 Å². The van der Waals surface area contributed by atoms with Crippen molar-refractivity contribution in [2.24, 2.45) is 11.8 Å². The van der Waals surface area contributed by atoms with Crippen LogP contribution in [0.15, 0.2) is 24.4 Å². The number of nitrogens with zero attached hydrogens (tertiary/aromatic N) is 1. The number of aromatic nitrogens is 1. The van der Waals surface area contributed by atoms with Gasteiger partial charge in [-0.05, 0) is 30.9 Å². The number of Topliss-reactive ketones (excluding diaryl/α,β-unsaturated/α-hetero) is 1. The summed E-state index contributed by atoms with van der Waals surface area (Å²) in [6.07, 6.45) is 2.81. The second-order valence-corrected chi connectivity index (χ2v) is 6.60. The molecule has 148 valence electrons. The molecule has 0 saturated carbocycles. The predicted molar refractivity (Wildman–Crippen MR) is 98.8 cm³/mol. The van der Waals surface area contributed by atoms with Crippen molar-refractivity contribution in [3.8, 4) is 0 Å². The van der Waals surface area contributed by atoms with Crippen LogP contribution in [0, 0.1) is 11.8 Å². The number of hydrogen-bond acceptors (Lipinski definition) is 5.